The minimum Gasteiger partial charge on any atom is -0.352 e. The minimum atomic E-state index is -4.03. The molecule has 0 spiro atoms. The molecule has 1 aliphatic carbocycles. The fraction of sp³-hybridized carbons (Fsp3) is 0.355. The highest BCUT2D eigenvalue weighted by molar-refractivity contribution is 7.90. The lowest BCUT2D eigenvalue weighted by atomic mass is 10.0. The lowest BCUT2D eigenvalue weighted by Gasteiger charge is -2.35. The molecule has 1 saturated carbocycles. The lowest BCUT2D eigenvalue weighted by Crippen LogP contribution is -2.55. The number of nitrogens with zero attached hydrogens (tertiary/aromatic N) is 3. The van der Waals surface area contributed by atoms with Gasteiger partial charge >= 0.3 is 10.2 Å². The Morgan fingerprint density at radius 3 is 2.12 bits per heavy atom. The first-order valence-corrected chi connectivity index (χ1v) is 15.6. The summed E-state index contributed by atoms with van der Waals surface area (Å²) in [5, 5.41) is 3.67. The van der Waals surface area contributed by atoms with E-state index in [9.17, 15) is 18.0 Å². The van der Waals surface area contributed by atoms with Crippen LogP contribution in [0.1, 0.15) is 36.8 Å². The quantitative estimate of drug-likeness (QED) is 0.330. The normalized spacial score (nSPS) is 14.5. The molecule has 0 bridgehead atoms. The number of carbonyl (C=O) groups excluding carboxylic acids is 2. The summed E-state index contributed by atoms with van der Waals surface area (Å²) in [6.07, 6.45) is 4.17. The zero-order chi connectivity index (χ0) is 29.4. The van der Waals surface area contributed by atoms with Gasteiger partial charge in [0, 0.05) is 38.1 Å². The van der Waals surface area contributed by atoms with Gasteiger partial charge in [-0.2, -0.15) is 12.7 Å². The molecule has 0 radical (unpaired) electrons. The van der Waals surface area contributed by atoms with Crippen molar-refractivity contribution in [3.05, 3.63) is 101 Å². The highest BCUT2D eigenvalue weighted by Gasteiger charge is 2.35. The zero-order valence-corrected chi connectivity index (χ0v) is 25.0. The molecular weight excluding hydrogens is 560 g/mol. The number of para-hydroxylation sites is 1. The van der Waals surface area contributed by atoms with Crippen molar-refractivity contribution in [3.63, 3.8) is 0 Å². The molecule has 0 aliphatic heterocycles. The Morgan fingerprint density at radius 1 is 0.902 bits per heavy atom. The number of carbonyl (C=O) groups is 2. The van der Waals surface area contributed by atoms with Gasteiger partial charge < -0.3 is 10.2 Å². The third-order valence-corrected chi connectivity index (χ3v) is 9.33. The molecule has 218 valence electrons. The summed E-state index contributed by atoms with van der Waals surface area (Å²) in [5.74, 6) is -0.750. The molecule has 2 amide bonds. The van der Waals surface area contributed by atoms with Gasteiger partial charge in [0.25, 0.3) is 0 Å². The van der Waals surface area contributed by atoms with Crippen molar-refractivity contribution in [2.75, 3.05) is 24.9 Å². The average molecular weight is 597 g/mol. The summed E-state index contributed by atoms with van der Waals surface area (Å²) >= 11 is 6.28. The van der Waals surface area contributed by atoms with Crippen LogP contribution in [0.3, 0.4) is 0 Å². The number of hydrogen-bond donors (Lipinski definition) is 1. The van der Waals surface area contributed by atoms with Crippen LogP contribution in [0.4, 0.5) is 5.69 Å². The average Bonchev–Trinajstić information content (AvgIpc) is 3.47. The number of amides is 2. The molecule has 0 heterocycles. The smallest absolute Gasteiger partial charge is 0.304 e. The largest absolute Gasteiger partial charge is 0.352 e. The molecule has 3 aromatic rings. The van der Waals surface area contributed by atoms with Crippen molar-refractivity contribution in [2.24, 2.45) is 0 Å². The van der Waals surface area contributed by atoms with Crippen LogP contribution in [0.15, 0.2) is 84.9 Å². The fourth-order valence-corrected chi connectivity index (χ4v) is 6.33. The molecule has 0 aromatic heterocycles. The van der Waals surface area contributed by atoms with Gasteiger partial charge in [-0.15, -0.1) is 0 Å². The van der Waals surface area contributed by atoms with E-state index in [2.05, 4.69) is 5.32 Å². The van der Waals surface area contributed by atoms with Crippen LogP contribution >= 0.6 is 11.6 Å². The van der Waals surface area contributed by atoms with Crippen LogP contribution in [0.2, 0.25) is 5.02 Å². The molecular formula is C31H37ClN4O4S. The van der Waals surface area contributed by atoms with Gasteiger partial charge in [-0.25, -0.2) is 4.31 Å². The van der Waals surface area contributed by atoms with Gasteiger partial charge in [0.05, 0.1) is 5.69 Å². The zero-order valence-electron chi connectivity index (χ0n) is 23.4. The predicted octanol–water partition coefficient (Wildman–Crippen LogP) is 4.65. The predicted molar refractivity (Wildman–Crippen MR) is 163 cm³/mol. The van der Waals surface area contributed by atoms with Crippen molar-refractivity contribution in [2.45, 2.75) is 50.7 Å². The monoisotopic (exact) mass is 596 g/mol. The van der Waals surface area contributed by atoms with Gasteiger partial charge in [-0.3, -0.25) is 9.59 Å². The van der Waals surface area contributed by atoms with E-state index in [1.165, 1.54) is 19.0 Å². The molecule has 1 N–H and O–H groups in total. The lowest BCUT2D eigenvalue weighted by molar-refractivity contribution is -0.140. The number of rotatable bonds is 12. The minimum absolute atomic E-state index is 0.0545. The topological polar surface area (TPSA) is 90.0 Å². The van der Waals surface area contributed by atoms with E-state index in [4.69, 9.17) is 11.6 Å². The molecule has 3 aromatic carbocycles. The Hall–Kier alpha value is -3.40. The third kappa shape index (κ3) is 8.09. The fourth-order valence-electron chi connectivity index (χ4n) is 5.06. The van der Waals surface area contributed by atoms with E-state index >= 15 is 0 Å². The maximum atomic E-state index is 14.2. The maximum Gasteiger partial charge on any atom is 0.304 e. The molecule has 4 rings (SSSR count). The second kappa shape index (κ2) is 14.0. The third-order valence-electron chi connectivity index (χ3n) is 7.28. The highest BCUT2D eigenvalue weighted by atomic mass is 35.5. The van der Waals surface area contributed by atoms with E-state index in [1.54, 1.807) is 48.5 Å². The molecule has 10 heteroatoms. The molecule has 1 atom stereocenters. The Morgan fingerprint density at radius 2 is 1.51 bits per heavy atom. The number of halogens is 1. The molecule has 0 unspecified atom stereocenters. The maximum absolute atomic E-state index is 14.2. The van der Waals surface area contributed by atoms with Crippen LogP contribution in [0.5, 0.6) is 0 Å². The van der Waals surface area contributed by atoms with Crippen LogP contribution in [0.25, 0.3) is 0 Å². The van der Waals surface area contributed by atoms with Crippen LogP contribution in [0, 0.1) is 0 Å². The Kier molecular flexibility index (Phi) is 10.4. The summed E-state index contributed by atoms with van der Waals surface area (Å²) in [4.78, 5) is 29.6. The number of anilines is 1. The Bertz CT molecular complexity index is 1410. The summed E-state index contributed by atoms with van der Waals surface area (Å²) in [5.41, 5.74) is 1.98. The molecule has 1 fully saturated rings. The second-order valence-corrected chi connectivity index (χ2v) is 13.0. The van der Waals surface area contributed by atoms with Gasteiger partial charge in [0.1, 0.15) is 12.6 Å². The summed E-state index contributed by atoms with van der Waals surface area (Å²) in [6, 6.07) is 24.3. The molecule has 1 aliphatic rings. The Balaban J connectivity index is 1.74. The Labute approximate surface area is 248 Å². The van der Waals surface area contributed by atoms with Crippen molar-refractivity contribution >= 4 is 39.3 Å². The van der Waals surface area contributed by atoms with E-state index in [-0.39, 0.29) is 24.9 Å². The molecule has 41 heavy (non-hydrogen) atoms. The van der Waals surface area contributed by atoms with Crippen molar-refractivity contribution in [1.29, 1.82) is 0 Å². The van der Waals surface area contributed by atoms with Gasteiger partial charge in [0.2, 0.25) is 11.8 Å². The first kappa shape index (κ1) is 30.6. The van der Waals surface area contributed by atoms with Gasteiger partial charge in [-0.1, -0.05) is 85.1 Å². The number of hydrogen-bond acceptors (Lipinski definition) is 4. The van der Waals surface area contributed by atoms with E-state index in [0.29, 0.717) is 10.7 Å². The standard InChI is InChI=1S/C31H37ClN4O4S/c1-34(2)41(39,40)36(28-18-7-4-8-19-28)23-30(37)35(22-25-14-11-15-26(32)20-25)29(21-24-12-5-3-6-13-24)31(38)33-27-16-9-10-17-27/h3-8,11-15,18-20,27,29H,9-10,16-17,21-23H2,1-2H3,(H,33,38)/t29-/m1/s1. The first-order chi connectivity index (χ1) is 19.6. The summed E-state index contributed by atoms with van der Waals surface area (Å²) < 4.78 is 29.0. The second-order valence-electron chi connectivity index (χ2n) is 10.5. The van der Waals surface area contributed by atoms with Crippen molar-refractivity contribution in [3.8, 4) is 0 Å². The number of benzene rings is 3. The van der Waals surface area contributed by atoms with E-state index in [0.717, 1.165) is 45.4 Å². The summed E-state index contributed by atoms with van der Waals surface area (Å²) in [7, 11) is -1.18. The SMILES string of the molecule is CN(C)S(=O)(=O)N(CC(=O)N(Cc1cccc(Cl)c1)[C@H](Cc1ccccc1)C(=O)NC1CCCC1)c1ccccc1. The number of nitrogens with one attached hydrogen (secondary N) is 1. The van der Waals surface area contributed by atoms with E-state index < -0.39 is 28.7 Å². The van der Waals surface area contributed by atoms with Crippen LogP contribution in [-0.2, 0) is 32.8 Å². The van der Waals surface area contributed by atoms with Crippen LogP contribution < -0.4 is 9.62 Å². The van der Waals surface area contributed by atoms with E-state index in [1.807, 2.05) is 36.4 Å². The summed E-state index contributed by atoms with van der Waals surface area (Å²) in [6.45, 7) is -0.396. The highest BCUT2D eigenvalue weighted by Crippen LogP contribution is 2.23. The van der Waals surface area contributed by atoms with Gasteiger partial charge in [-0.05, 0) is 48.2 Å². The first-order valence-electron chi connectivity index (χ1n) is 13.8. The van der Waals surface area contributed by atoms with Gasteiger partial charge in [0.15, 0.2) is 0 Å². The molecule has 8 nitrogen and oxygen atoms in total. The van der Waals surface area contributed by atoms with Crippen LogP contribution in [-0.4, -0.2) is 62.2 Å². The van der Waals surface area contributed by atoms with Crippen molar-refractivity contribution < 1.29 is 18.0 Å². The van der Waals surface area contributed by atoms with Crippen molar-refractivity contribution in [1.82, 2.24) is 14.5 Å². The molecule has 0 saturated heterocycles.